The zero-order chi connectivity index (χ0) is 22.8. The van der Waals surface area contributed by atoms with Crippen molar-refractivity contribution in [2.24, 2.45) is 0 Å². The molecule has 0 saturated heterocycles. The molecule has 2 amide bonds. The first-order chi connectivity index (χ1) is 15.4. The van der Waals surface area contributed by atoms with Crippen LogP contribution in [0, 0.1) is 0 Å². The smallest absolute Gasteiger partial charge is 0.290 e. The van der Waals surface area contributed by atoms with Gasteiger partial charge >= 0.3 is 0 Å². The van der Waals surface area contributed by atoms with E-state index in [1.54, 1.807) is 24.3 Å². The molecule has 0 aliphatic carbocycles. The number of amides is 2. The van der Waals surface area contributed by atoms with Crippen LogP contribution in [0.25, 0.3) is 21.8 Å². The zero-order valence-corrected chi connectivity index (χ0v) is 18.1. The number of carbonyl (C=O) groups excluding carboxylic acids is 2. The standard InChI is InChI=1S/C23H24N6O3/c1-4-19-24-17-11-7-8-12-18(17)28(19)13-20(30)25-26-22(31)21-15-9-5-6-10-16(15)23(32)29(27-21)14(2)3/h5-12,14H,4,13H2,1-3H3,(H,25,30)(H,26,31). The van der Waals surface area contributed by atoms with Gasteiger partial charge in [0.05, 0.1) is 22.5 Å². The van der Waals surface area contributed by atoms with E-state index >= 15 is 0 Å². The molecular formula is C23H24N6O3. The van der Waals surface area contributed by atoms with Crippen LogP contribution >= 0.6 is 0 Å². The van der Waals surface area contributed by atoms with Crippen LogP contribution in [0.1, 0.15) is 43.1 Å². The number of imidazole rings is 1. The third-order valence-electron chi connectivity index (χ3n) is 5.20. The molecule has 0 aliphatic rings. The van der Waals surface area contributed by atoms with Crippen molar-refractivity contribution in [1.29, 1.82) is 0 Å². The number of rotatable bonds is 5. The number of carbonyl (C=O) groups is 2. The van der Waals surface area contributed by atoms with E-state index in [0.29, 0.717) is 17.2 Å². The van der Waals surface area contributed by atoms with Gasteiger partial charge in [0, 0.05) is 11.8 Å². The fourth-order valence-corrected chi connectivity index (χ4v) is 3.66. The molecule has 0 unspecified atom stereocenters. The SMILES string of the molecule is CCc1nc2ccccc2n1CC(=O)NNC(=O)c1nn(C(C)C)c(=O)c2ccccc12. The number of benzene rings is 2. The van der Waals surface area contributed by atoms with Crippen LogP contribution in [0.4, 0.5) is 0 Å². The molecule has 2 N–H and O–H groups in total. The normalized spacial score (nSPS) is 11.2. The molecule has 32 heavy (non-hydrogen) atoms. The number of aromatic nitrogens is 4. The summed E-state index contributed by atoms with van der Waals surface area (Å²) < 4.78 is 3.09. The van der Waals surface area contributed by atoms with Gasteiger partial charge in [-0.3, -0.25) is 25.2 Å². The van der Waals surface area contributed by atoms with Crippen molar-refractivity contribution in [1.82, 2.24) is 30.2 Å². The van der Waals surface area contributed by atoms with Gasteiger partial charge in [-0.1, -0.05) is 37.3 Å². The Labute approximate surface area is 184 Å². The second-order valence-corrected chi connectivity index (χ2v) is 7.70. The van der Waals surface area contributed by atoms with Crippen LogP contribution in [-0.4, -0.2) is 31.1 Å². The monoisotopic (exact) mass is 432 g/mol. The van der Waals surface area contributed by atoms with Crippen LogP contribution < -0.4 is 16.4 Å². The van der Waals surface area contributed by atoms with Gasteiger partial charge in [-0.05, 0) is 32.0 Å². The lowest BCUT2D eigenvalue weighted by Crippen LogP contribution is -2.44. The van der Waals surface area contributed by atoms with Crippen LogP contribution in [-0.2, 0) is 17.8 Å². The summed E-state index contributed by atoms with van der Waals surface area (Å²) in [4.78, 5) is 42.7. The van der Waals surface area contributed by atoms with E-state index in [4.69, 9.17) is 0 Å². The highest BCUT2D eigenvalue weighted by molar-refractivity contribution is 6.05. The maximum atomic E-state index is 12.9. The van der Waals surface area contributed by atoms with Gasteiger partial charge in [-0.15, -0.1) is 0 Å². The predicted octanol–water partition coefficient (Wildman–Crippen LogP) is 2.35. The first kappa shape index (κ1) is 21.2. The Bertz CT molecular complexity index is 1390. The second-order valence-electron chi connectivity index (χ2n) is 7.70. The Morgan fingerprint density at radius 1 is 1.00 bits per heavy atom. The predicted molar refractivity (Wildman–Crippen MR) is 121 cm³/mol. The molecule has 2 aromatic heterocycles. The van der Waals surface area contributed by atoms with Gasteiger partial charge in [0.15, 0.2) is 5.69 Å². The average Bonchev–Trinajstić information content (AvgIpc) is 3.15. The highest BCUT2D eigenvalue weighted by Gasteiger charge is 2.19. The molecule has 4 rings (SSSR count). The lowest BCUT2D eigenvalue weighted by atomic mass is 10.1. The second kappa shape index (κ2) is 8.62. The number of fused-ring (bicyclic) bond motifs is 2. The van der Waals surface area contributed by atoms with Crippen molar-refractivity contribution in [2.75, 3.05) is 0 Å². The number of aryl methyl sites for hydroxylation is 1. The maximum absolute atomic E-state index is 12.9. The third-order valence-corrected chi connectivity index (χ3v) is 5.20. The fourth-order valence-electron chi connectivity index (χ4n) is 3.66. The van der Waals surface area contributed by atoms with E-state index in [-0.39, 0.29) is 23.8 Å². The largest absolute Gasteiger partial charge is 0.318 e. The van der Waals surface area contributed by atoms with Gasteiger partial charge in [-0.25, -0.2) is 9.67 Å². The van der Waals surface area contributed by atoms with Crippen LogP contribution in [0.3, 0.4) is 0 Å². The van der Waals surface area contributed by atoms with Crippen LogP contribution in [0.2, 0.25) is 0 Å². The highest BCUT2D eigenvalue weighted by Crippen LogP contribution is 2.17. The number of hydrogen-bond donors (Lipinski definition) is 2. The topological polar surface area (TPSA) is 111 Å². The minimum atomic E-state index is -0.602. The van der Waals surface area contributed by atoms with E-state index in [9.17, 15) is 14.4 Å². The Balaban J connectivity index is 1.56. The van der Waals surface area contributed by atoms with Crippen molar-refractivity contribution in [3.05, 3.63) is 70.4 Å². The molecule has 0 fully saturated rings. The number of nitrogens with one attached hydrogen (secondary N) is 2. The van der Waals surface area contributed by atoms with Crippen LogP contribution in [0.5, 0.6) is 0 Å². The van der Waals surface area contributed by atoms with Gasteiger partial charge < -0.3 is 4.57 Å². The summed E-state index contributed by atoms with van der Waals surface area (Å²) in [5.41, 5.74) is 6.33. The van der Waals surface area contributed by atoms with Gasteiger partial charge in [-0.2, -0.15) is 5.10 Å². The molecular weight excluding hydrogens is 408 g/mol. The summed E-state index contributed by atoms with van der Waals surface area (Å²) in [6.07, 6.45) is 0.668. The van der Waals surface area contributed by atoms with Gasteiger partial charge in [0.2, 0.25) is 0 Å². The lowest BCUT2D eigenvalue weighted by Gasteiger charge is -2.14. The van der Waals surface area contributed by atoms with E-state index < -0.39 is 11.8 Å². The van der Waals surface area contributed by atoms with Crippen molar-refractivity contribution >= 4 is 33.6 Å². The molecule has 0 radical (unpaired) electrons. The summed E-state index contributed by atoms with van der Waals surface area (Å²) in [6.45, 7) is 5.60. The first-order valence-corrected chi connectivity index (χ1v) is 10.5. The zero-order valence-electron chi connectivity index (χ0n) is 18.1. The van der Waals surface area contributed by atoms with Crippen molar-refractivity contribution in [3.8, 4) is 0 Å². The third kappa shape index (κ3) is 3.84. The first-order valence-electron chi connectivity index (χ1n) is 10.5. The fraction of sp³-hybridized carbons (Fsp3) is 0.261. The number of nitrogens with zero attached hydrogens (tertiary/aromatic N) is 4. The maximum Gasteiger partial charge on any atom is 0.290 e. The van der Waals surface area contributed by atoms with Crippen molar-refractivity contribution in [2.45, 2.75) is 39.8 Å². The molecule has 0 atom stereocenters. The van der Waals surface area contributed by atoms with Gasteiger partial charge in [0.25, 0.3) is 17.4 Å². The number of hydrazine groups is 1. The highest BCUT2D eigenvalue weighted by atomic mass is 16.2. The Kier molecular flexibility index (Phi) is 5.72. The molecule has 164 valence electrons. The van der Waals surface area contributed by atoms with Gasteiger partial charge in [0.1, 0.15) is 12.4 Å². The van der Waals surface area contributed by atoms with E-state index in [2.05, 4.69) is 20.9 Å². The molecule has 0 aliphatic heterocycles. The summed E-state index contributed by atoms with van der Waals surface area (Å²) >= 11 is 0. The van der Waals surface area contributed by atoms with E-state index in [1.807, 2.05) is 49.6 Å². The Hall–Kier alpha value is -4.01. The molecule has 0 spiro atoms. The Morgan fingerprint density at radius 3 is 2.41 bits per heavy atom. The minimum Gasteiger partial charge on any atom is -0.318 e. The molecule has 0 saturated carbocycles. The van der Waals surface area contributed by atoms with E-state index in [0.717, 1.165) is 16.9 Å². The summed E-state index contributed by atoms with van der Waals surface area (Å²) in [5.74, 6) is -0.225. The molecule has 2 heterocycles. The molecule has 4 aromatic rings. The van der Waals surface area contributed by atoms with E-state index in [1.165, 1.54) is 4.68 Å². The lowest BCUT2D eigenvalue weighted by molar-refractivity contribution is -0.122. The molecule has 2 aromatic carbocycles. The molecule has 9 nitrogen and oxygen atoms in total. The average molecular weight is 432 g/mol. The number of para-hydroxylation sites is 2. The number of hydrogen-bond acceptors (Lipinski definition) is 5. The Morgan fingerprint density at radius 2 is 1.69 bits per heavy atom. The summed E-state index contributed by atoms with van der Waals surface area (Å²) in [7, 11) is 0. The minimum absolute atomic E-state index is 0.00361. The quantitative estimate of drug-likeness (QED) is 0.470. The van der Waals surface area contributed by atoms with Crippen LogP contribution in [0.15, 0.2) is 53.3 Å². The molecule has 0 bridgehead atoms. The molecule has 9 heteroatoms. The summed E-state index contributed by atoms with van der Waals surface area (Å²) in [6, 6.07) is 14.1. The van der Waals surface area contributed by atoms with Crippen molar-refractivity contribution in [3.63, 3.8) is 0 Å². The van der Waals surface area contributed by atoms with Crippen molar-refractivity contribution < 1.29 is 9.59 Å². The summed E-state index contributed by atoms with van der Waals surface area (Å²) in [5, 5.41) is 5.07.